The fourth-order valence-electron chi connectivity index (χ4n) is 8.39. The van der Waals surface area contributed by atoms with Gasteiger partial charge < -0.3 is 10.2 Å². The number of hydrogen-bond acceptors (Lipinski definition) is 4. The molecule has 0 aromatic heterocycles. The van der Waals surface area contributed by atoms with Gasteiger partial charge in [0.25, 0.3) is 0 Å². The predicted molar refractivity (Wildman–Crippen MR) is 150 cm³/mol. The summed E-state index contributed by atoms with van der Waals surface area (Å²) in [6, 6.07) is 5.97. The van der Waals surface area contributed by atoms with Gasteiger partial charge in [0, 0.05) is 37.3 Å². The van der Waals surface area contributed by atoms with Crippen LogP contribution in [0.15, 0.2) is 12.1 Å². The summed E-state index contributed by atoms with van der Waals surface area (Å²) < 4.78 is 0. The van der Waals surface area contributed by atoms with Crippen molar-refractivity contribution in [2.45, 2.75) is 140 Å². The van der Waals surface area contributed by atoms with Gasteiger partial charge in [0.2, 0.25) is 0 Å². The zero-order valence-electron chi connectivity index (χ0n) is 23.2. The molecule has 0 bridgehead atoms. The maximum atomic E-state index is 12.5. The van der Waals surface area contributed by atoms with E-state index in [0.29, 0.717) is 30.6 Å². The highest BCUT2D eigenvalue weighted by molar-refractivity contribution is 6.03. The maximum absolute atomic E-state index is 12.5. The van der Waals surface area contributed by atoms with Crippen LogP contribution in [0.3, 0.4) is 0 Å². The zero-order chi connectivity index (χ0) is 26.5. The van der Waals surface area contributed by atoms with Crippen LogP contribution in [0.25, 0.3) is 0 Å². The minimum atomic E-state index is -1.14. The molecule has 4 aliphatic rings. The number of rotatable bonds is 12. The van der Waals surface area contributed by atoms with Gasteiger partial charge in [0.1, 0.15) is 0 Å². The second kappa shape index (κ2) is 13.0. The zero-order valence-corrected chi connectivity index (χ0v) is 23.2. The molecule has 2 N–H and O–H groups in total. The van der Waals surface area contributed by atoms with E-state index in [1.807, 2.05) is 6.07 Å². The Balaban J connectivity index is 1.41. The Labute approximate surface area is 228 Å². The predicted octanol–water partition coefficient (Wildman–Crippen LogP) is 6.54. The molecule has 1 aromatic carbocycles. The van der Waals surface area contributed by atoms with Crippen molar-refractivity contribution in [1.29, 1.82) is 0 Å². The molecule has 5 rings (SSSR count). The molecule has 0 unspecified atom stereocenters. The molecule has 0 atom stereocenters. The summed E-state index contributed by atoms with van der Waals surface area (Å²) in [5, 5.41) is 20.1. The standard InChI is InChI=1S/C32H48N2O4/c35-31(36)29-18-17-23(19-21-33(24-9-1-2-10-24)25-11-3-4-12-25)28(30(29)32(37)38)20-22-34(26-13-5-6-14-26)27-15-7-8-16-27/h17-18,24-27H,1-16,19-22H2,(H,35,36)(H,37,38). The molecule has 0 aliphatic heterocycles. The second-order valence-corrected chi connectivity index (χ2v) is 12.5. The first-order chi connectivity index (χ1) is 18.5. The number of hydrogen-bond donors (Lipinski definition) is 2. The van der Waals surface area contributed by atoms with Gasteiger partial charge in [-0.1, -0.05) is 57.4 Å². The van der Waals surface area contributed by atoms with Crippen LogP contribution in [0.2, 0.25) is 0 Å². The van der Waals surface area contributed by atoms with Crippen molar-refractivity contribution in [3.8, 4) is 0 Å². The van der Waals surface area contributed by atoms with Gasteiger partial charge in [-0.2, -0.15) is 0 Å². The second-order valence-electron chi connectivity index (χ2n) is 12.5. The van der Waals surface area contributed by atoms with E-state index in [4.69, 9.17) is 0 Å². The molecular weight excluding hydrogens is 476 g/mol. The summed E-state index contributed by atoms with van der Waals surface area (Å²) in [7, 11) is 0. The van der Waals surface area contributed by atoms with Crippen molar-refractivity contribution in [2.75, 3.05) is 13.1 Å². The van der Waals surface area contributed by atoms with Gasteiger partial charge in [-0.05, 0) is 81.4 Å². The Hall–Kier alpha value is -1.92. The van der Waals surface area contributed by atoms with Crippen molar-refractivity contribution in [3.63, 3.8) is 0 Å². The van der Waals surface area contributed by atoms with Crippen molar-refractivity contribution >= 4 is 11.9 Å². The molecule has 4 aliphatic carbocycles. The molecule has 0 spiro atoms. The third-order valence-corrected chi connectivity index (χ3v) is 10.3. The molecule has 38 heavy (non-hydrogen) atoms. The van der Waals surface area contributed by atoms with Crippen molar-refractivity contribution in [1.82, 2.24) is 9.80 Å². The van der Waals surface area contributed by atoms with Crippen LogP contribution >= 0.6 is 0 Å². The molecule has 0 heterocycles. The average molecular weight is 525 g/mol. The number of nitrogens with zero attached hydrogens (tertiary/aromatic N) is 2. The lowest BCUT2D eigenvalue weighted by Crippen LogP contribution is -2.42. The van der Waals surface area contributed by atoms with Crippen molar-refractivity contribution in [3.05, 3.63) is 34.4 Å². The summed E-state index contributed by atoms with van der Waals surface area (Å²) in [6.45, 7) is 1.78. The number of carboxylic acids is 2. The average Bonchev–Trinajstić information content (AvgIpc) is 3.72. The molecule has 4 saturated carbocycles. The fraction of sp³-hybridized carbons (Fsp3) is 0.750. The Kier molecular flexibility index (Phi) is 9.42. The lowest BCUT2D eigenvalue weighted by atomic mass is 9.91. The van der Waals surface area contributed by atoms with E-state index in [-0.39, 0.29) is 11.1 Å². The van der Waals surface area contributed by atoms with E-state index >= 15 is 0 Å². The van der Waals surface area contributed by atoms with E-state index in [1.54, 1.807) is 6.07 Å². The lowest BCUT2D eigenvalue weighted by molar-refractivity contribution is 0.0649. The molecule has 0 radical (unpaired) electrons. The number of carboxylic acid groups (broad SMARTS) is 2. The van der Waals surface area contributed by atoms with E-state index in [1.165, 1.54) is 103 Å². The molecule has 6 heteroatoms. The third-order valence-electron chi connectivity index (χ3n) is 10.3. The normalized spacial score (nSPS) is 21.9. The minimum Gasteiger partial charge on any atom is -0.478 e. The van der Waals surface area contributed by atoms with Gasteiger partial charge in [-0.25, -0.2) is 9.59 Å². The highest BCUT2D eigenvalue weighted by Gasteiger charge is 2.33. The minimum absolute atomic E-state index is 0.0288. The van der Waals surface area contributed by atoms with E-state index < -0.39 is 11.9 Å². The number of aromatic carboxylic acids is 2. The molecule has 6 nitrogen and oxygen atoms in total. The van der Waals surface area contributed by atoms with Crippen LogP contribution in [0.4, 0.5) is 0 Å². The van der Waals surface area contributed by atoms with E-state index in [9.17, 15) is 19.8 Å². The summed E-state index contributed by atoms with van der Waals surface area (Å²) in [5.41, 5.74) is 1.79. The van der Waals surface area contributed by atoms with E-state index in [2.05, 4.69) is 9.80 Å². The van der Waals surface area contributed by atoms with Crippen LogP contribution in [0, 0.1) is 0 Å². The van der Waals surface area contributed by atoms with Gasteiger partial charge in [-0.15, -0.1) is 0 Å². The SMILES string of the molecule is O=C(O)c1ccc(CCN(C2CCCC2)C2CCCC2)c(CCN(C2CCCC2)C2CCCC2)c1C(=O)O. The van der Waals surface area contributed by atoms with Crippen molar-refractivity contribution in [2.24, 2.45) is 0 Å². The number of benzene rings is 1. The quantitative estimate of drug-likeness (QED) is 0.323. The molecular formula is C32H48N2O4. The van der Waals surface area contributed by atoms with Crippen molar-refractivity contribution < 1.29 is 19.8 Å². The molecule has 0 saturated heterocycles. The third kappa shape index (κ3) is 6.28. The molecule has 210 valence electrons. The van der Waals surface area contributed by atoms with E-state index in [0.717, 1.165) is 30.6 Å². The number of carbonyl (C=O) groups is 2. The topological polar surface area (TPSA) is 81.1 Å². The first-order valence-corrected chi connectivity index (χ1v) is 15.7. The fourth-order valence-corrected chi connectivity index (χ4v) is 8.39. The maximum Gasteiger partial charge on any atom is 0.336 e. The first kappa shape index (κ1) is 27.6. The molecule has 1 aromatic rings. The van der Waals surface area contributed by atoms with Crippen LogP contribution < -0.4 is 0 Å². The largest absolute Gasteiger partial charge is 0.478 e. The first-order valence-electron chi connectivity index (χ1n) is 15.7. The van der Waals surface area contributed by atoms with Crippen LogP contribution in [-0.4, -0.2) is 69.2 Å². The Morgan fingerprint density at radius 3 is 1.37 bits per heavy atom. The molecule has 0 amide bonds. The highest BCUT2D eigenvalue weighted by atomic mass is 16.4. The van der Waals surface area contributed by atoms with Gasteiger partial charge in [0.05, 0.1) is 11.1 Å². The van der Waals surface area contributed by atoms with Crippen LogP contribution in [0.1, 0.15) is 135 Å². The van der Waals surface area contributed by atoms with Gasteiger partial charge in [0.15, 0.2) is 0 Å². The van der Waals surface area contributed by atoms with Crippen LogP contribution in [-0.2, 0) is 12.8 Å². The summed E-state index contributed by atoms with van der Waals surface area (Å²) >= 11 is 0. The summed E-state index contributed by atoms with van der Waals surface area (Å²) in [6.07, 6.45) is 21.9. The Morgan fingerprint density at radius 1 is 0.605 bits per heavy atom. The molecule has 4 fully saturated rings. The van der Waals surface area contributed by atoms with Gasteiger partial charge >= 0.3 is 11.9 Å². The monoisotopic (exact) mass is 524 g/mol. The Morgan fingerprint density at radius 2 is 1.00 bits per heavy atom. The lowest BCUT2D eigenvalue weighted by Gasteiger charge is -2.36. The highest BCUT2D eigenvalue weighted by Crippen LogP contribution is 2.34. The summed E-state index contributed by atoms with van der Waals surface area (Å²) in [4.78, 5) is 30.0. The van der Waals surface area contributed by atoms with Crippen LogP contribution in [0.5, 0.6) is 0 Å². The Bertz CT molecular complexity index is 922. The van der Waals surface area contributed by atoms with Gasteiger partial charge in [-0.3, -0.25) is 9.80 Å². The summed E-state index contributed by atoms with van der Waals surface area (Å²) in [5.74, 6) is -2.24. The smallest absolute Gasteiger partial charge is 0.336 e.